The first-order valence-corrected chi connectivity index (χ1v) is 11.3. The molecule has 0 unspecified atom stereocenters. The summed E-state index contributed by atoms with van der Waals surface area (Å²) in [6.45, 7) is 11.5. The van der Waals surface area contributed by atoms with Crippen LogP contribution in [0.2, 0.25) is 0 Å². The van der Waals surface area contributed by atoms with E-state index in [4.69, 9.17) is 0 Å². The largest absolute Gasteiger partial charge is 0.359 e. The molecule has 3 heteroatoms. The Morgan fingerprint density at radius 3 is 2.54 bits per heavy atom. The summed E-state index contributed by atoms with van der Waals surface area (Å²) >= 11 is 1.83. The topological polar surface area (TPSA) is 15.3 Å². The molecule has 2 aliphatic rings. The van der Waals surface area contributed by atoms with Gasteiger partial charge in [-0.15, -0.1) is 11.8 Å². The summed E-state index contributed by atoms with van der Waals surface area (Å²) < 4.78 is 0. The van der Waals surface area contributed by atoms with E-state index in [0.29, 0.717) is 0 Å². The van der Waals surface area contributed by atoms with Crippen LogP contribution in [0.25, 0.3) is 0 Å². The molecule has 1 aliphatic carbocycles. The average molecular weight is 397 g/mol. The predicted molar refractivity (Wildman–Crippen MR) is 127 cm³/mol. The van der Waals surface area contributed by atoms with E-state index in [1.807, 2.05) is 23.9 Å². The van der Waals surface area contributed by atoms with Gasteiger partial charge >= 0.3 is 0 Å². The van der Waals surface area contributed by atoms with Crippen molar-refractivity contribution in [3.8, 4) is 0 Å². The average Bonchev–Trinajstić information content (AvgIpc) is 2.72. The fourth-order valence-corrected chi connectivity index (χ4v) is 4.55. The molecule has 1 fully saturated rings. The van der Waals surface area contributed by atoms with Crippen molar-refractivity contribution in [3.63, 3.8) is 0 Å². The minimum atomic E-state index is 0.888. The van der Waals surface area contributed by atoms with Crippen molar-refractivity contribution in [2.24, 2.45) is 0 Å². The van der Waals surface area contributed by atoms with Gasteiger partial charge in [0.1, 0.15) is 0 Å². The standard InChI is InChI=1S/C17H19NS.C8H17N/c1-4-6-14(5-2)12-19-16-9-10-17-15(11-16)8-7-13(3)18-17;1-9(2)8-6-4-3-5-7-8/h4-6,9-11,18H,1-3,7-8,12H2;8H,3-7H2,1-2H3/b14-6+;. The van der Waals surface area contributed by atoms with Gasteiger partial charge in [-0.1, -0.05) is 57.2 Å². The van der Waals surface area contributed by atoms with Gasteiger partial charge in [-0.2, -0.15) is 0 Å². The van der Waals surface area contributed by atoms with Gasteiger partial charge in [-0.25, -0.2) is 0 Å². The van der Waals surface area contributed by atoms with E-state index in [-0.39, 0.29) is 0 Å². The van der Waals surface area contributed by atoms with E-state index in [1.54, 1.807) is 6.08 Å². The smallest absolute Gasteiger partial charge is 0.0415 e. The maximum Gasteiger partial charge on any atom is 0.0415 e. The van der Waals surface area contributed by atoms with Gasteiger partial charge in [0.25, 0.3) is 0 Å². The third kappa shape index (κ3) is 7.37. The number of thioether (sulfide) groups is 1. The van der Waals surface area contributed by atoms with Crippen molar-refractivity contribution >= 4 is 17.4 Å². The first-order valence-electron chi connectivity index (χ1n) is 10.3. The van der Waals surface area contributed by atoms with Crippen molar-refractivity contribution in [2.45, 2.75) is 55.9 Å². The van der Waals surface area contributed by atoms with Crippen LogP contribution < -0.4 is 5.32 Å². The summed E-state index contributed by atoms with van der Waals surface area (Å²) in [7, 11) is 4.38. The first-order chi connectivity index (χ1) is 13.5. The van der Waals surface area contributed by atoms with Gasteiger partial charge in [-0.05, 0) is 69.1 Å². The third-order valence-corrected chi connectivity index (χ3v) is 6.45. The SMILES string of the molecule is C=C/C=C(\C=C)CSc1ccc2c(c1)CCC(=C)N2.CN(C)C1CCCCC1. The second-order valence-electron chi connectivity index (χ2n) is 7.77. The summed E-state index contributed by atoms with van der Waals surface area (Å²) in [6, 6.07) is 7.46. The number of rotatable bonds is 6. The molecule has 0 atom stereocenters. The van der Waals surface area contributed by atoms with Crippen LogP contribution in [0.15, 0.2) is 72.3 Å². The molecular formula is C25H36N2S. The Hall–Kier alpha value is -1.71. The summed E-state index contributed by atoms with van der Waals surface area (Å²) in [5, 5.41) is 3.34. The van der Waals surface area contributed by atoms with E-state index in [1.165, 1.54) is 53.8 Å². The van der Waals surface area contributed by atoms with E-state index in [9.17, 15) is 0 Å². The Morgan fingerprint density at radius 1 is 1.18 bits per heavy atom. The number of hydrogen-bond donors (Lipinski definition) is 1. The molecule has 1 aromatic rings. The molecule has 0 saturated heterocycles. The zero-order chi connectivity index (χ0) is 20.4. The number of anilines is 1. The Kier molecular flexibility index (Phi) is 9.66. The molecule has 152 valence electrons. The summed E-state index contributed by atoms with van der Waals surface area (Å²) in [5.74, 6) is 0.925. The van der Waals surface area contributed by atoms with Crippen LogP contribution in [0.1, 0.15) is 44.1 Å². The molecule has 1 aromatic carbocycles. The predicted octanol–water partition coefficient (Wildman–Crippen LogP) is 6.83. The molecule has 0 radical (unpaired) electrons. The van der Waals surface area contributed by atoms with E-state index in [0.717, 1.165) is 30.3 Å². The molecule has 1 aliphatic heterocycles. The number of benzene rings is 1. The lowest BCUT2D eigenvalue weighted by Gasteiger charge is -2.27. The van der Waals surface area contributed by atoms with Crippen molar-refractivity contribution in [1.82, 2.24) is 4.90 Å². The van der Waals surface area contributed by atoms with Crippen LogP contribution in [-0.2, 0) is 6.42 Å². The zero-order valence-corrected chi connectivity index (χ0v) is 18.5. The van der Waals surface area contributed by atoms with Crippen LogP contribution >= 0.6 is 11.8 Å². The minimum absolute atomic E-state index is 0.888. The Balaban J connectivity index is 0.000000261. The van der Waals surface area contributed by atoms with Crippen LogP contribution in [0.3, 0.4) is 0 Å². The lowest BCUT2D eigenvalue weighted by Crippen LogP contribution is -2.29. The number of allylic oxidation sites excluding steroid dienone is 4. The van der Waals surface area contributed by atoms with E-state index < -0.39 is 0 Å². The van der Waals surface area contributed by atoms with Gasteiger partial charge < -0.3 is 10.2 Å². The van der Waals surface area contributed by atoms with Crippen LogP contribution in [0.4, 0.5) is 5.69 Å². The molecule has 1 saturated carbocycles. The van der Waals surface area contributed by atoms with Gasteiger partial charge in [0.2, 0.25) is 0 Å². The van der Waals surface area contributed by atoms with Gasteiger partial charge in [0.05, 0.1) is 0 Å². The van der Waals surface area contributed by atoms with Crippen LogP contribution in [0, 0.1) is 0 Å². The van der Waals surface area contributed by atoms with Gasteiger partial charge in [-0.3, -0.25) is 0 Å². The van der Waals surface area contributed by atoms with E-state index >= 15 is 0 Å². The molecule has 1 N–H and O–H groups in total. The lowest BCUT2D eigenvalue weighted by molar-refractivity contribution is 0.229. The number of nitrogens with zero attached hydrogens (tertiary/aromatic N) is 1. The number of hydrogen-bond acceptors (Lipinski definition) is 3. The lowest BCUT2D eigenvalue weighted by atomic mass is 9.95. The maximum atomic E-state index is 3.98. The summed E-state index contributed by atoms with van der Waals surface area (Å²) in [5.41, 5.74) is 4.89. The molecular weight excluding hydrogens is 360 g/mol. The van der Waals surface area contributed by atoms with E-state index in [2.05, 4.69) is 62.2 Å². The highest BCUT2D eigenvalue weighted by Crippen LogP contribution is 2.31. The molecule has 3 rings (SSSR count). The number of nitrogens with one attached hydrogen (secondary N) is 1. The van der Waals surface area contributed by atoms with Gasteiger partial charge in [0, 0.05) is 28.1 Å². The molecule has 0 spiro atoms. The minimum Gasteiger partial charge on any atom is -0.359 e. The zero-order valence-electron chi connectivity index (χ0n) is 17.7. The summed E-state index contributed by atoms with van der Waals surface area (Å²) in [4.78, 5) is 3.66. The monoisotopic (exact) mass is 396 g/mol. The third-order valence-electron chi connectivity index (χ3n) is 5.39. The molecule has 2 nitrogen and oxygen atoms in total. The Labute approximate surface area is 176 Å². The fourth-order valence-electron chi connectivity index (χ4n) is 3.62. The quantitative estimate of drug-likeness (QED) is 0.419. The first kappa shape index (κ1) is 22.6. The molecule has 28 heavy (non-hydrogen) atoms. The molecule has 1 heterocycles. The Morgan fingerprint density at radius 2 is 1.93 bits per heavy atom. The van der Waals surface area contributed by atoms with Crippen molar-refractivity contribution in [3.05, 3.63) is 73.0 Å². The fraction of sp³-hybridized carbons (Fsp3) is 0.440. The maximum absolute atomic E-state index is 3.98. The molecule has 0 aromatic heterocycles. The number of aryl methyl sites for hydroxylation is 1. The highest BCUT2D eigenvalue weighted by molar-refractivity contribution is 7.99. The molecule has 0 bridgehead atoms. The second kappa shape index (κ2) is 12.0. The highest BCUT2D eigenvalue weighted by Gasteiger charge is 2.14. The van der Waals surface area contributed by atoms with Crippen molar-refractivity contribution < 1.29 is 0 Å². The van der Waals surface area contributed by atoms with Crippen molar-refractivity contribution in [2.75, 3.05) is 25.2 Å². The molecule has 0 amide bonds. The Bertz CT molecular complexity index is 696. The van der Waals surface area contributed by atoms with Crippen molar-refractivity contribution in [1.29, 1.82) is 0 Å². The second-order valence-corrected chi connectivity index (χ2v) is 8.82. The number of fused-ring (bicyclic) bond motifs is 1. The van der Waals surface area contributed by atoms with Crippen LogP contribution in [0.5, 0.6) is 0 Å². The van der Waals surface area contributed by atoms with Gasteiger partial charge in [0.15, 0.2) is 0 Å². The highest BCUT2D eigenvalue weighted by atomic mass is 32.2. The summed E-state index contributed by atoms with van der Waals surface area (Å²) in [6.07, 6.45) is 15.0. The normalized spacial score (nSPS) is 17.2. The van der Waals surface area contributed by atoms with Crippen LogP contribution in [-0.4, -0.2) is 30.8 Å².